The fraction of sp³-hybridized carbons (Fsp3) is 0.417. The van der Waals surface area contributed by atoms with Gasteiger partial charge in [-0.2, -0.15) is 0 Å². The first-order chi connectivity index (χ1) is 6.56. The third kappa shape index (κ3) is 2.49. The van der Waals surface area contributed by atoms with E-state index in [-0.39, 0.29) is 6.61 Å². The summed E-state index contributed by atoms with van der Waals surface area (Å²) in [6.07, 6.45) is 0. The van der Waals surface area contributed by atoms with Crippen molar-refractivity contribution in [3.63, 3.8) is 0 Å². The fourth-order valence-electron chi connectivity index (χ4n) is 1.49. The standard InChI is InChI=1S/C12H16ClO/c1-8(2)11-5-4-10(13)6-12(11)9(3)7-14/h4-6,8,14H,7H2,1-3H3. The number of hydrogen-bond acceptors (Lipinski definition) is 1. The lowest BCUT2D eigenvalue weighted by molar-refractivity contribution is 0.314. The Balaban J connectivity index is 3.15. The second-order valence-corrected chi connectivity index (χ2v) is 4.26. The van der Waals surface area contributed by atoms with Gasteiger partial charge in [-0.3, -0.25) is 0 Å². The Labute approximate surface area is 90.7 Å². The molecule has 1 aromatic rings. The van der Waals surface area contributed by atoms with Crippen LogP contribution in [-0.4, -0.2) is 11.7 Å². The molecule has 14 heavy (non-hydrogen) atoms. The van der Waals surface area contributed by atoms with Gasteiger partial charge in [-0.15, -0.1) is 0 Å². The second kappa shape index (κ2) is 4.81. The quantitative estimate of drug-likeness (QED) is 0.813. The topological polar surface area (TPSA) is 20.2 Å². The Kier molecular flexibility index (Phi) is 3.97. The molecule has 0 unspecified atom stereocenters. The maximum Gasteiger partial charge on any atom is 0.0534 e. The Bertz CT molecular complexity index is 307. The molecule has 0 aliphatic rings. The first kappa shape index (κ1) is 11.5. The first-order valence-electron chi connectivity index (χ1n) is 4.79. The van der Waals surface area contributed by atoms with Crippen LogP contribution in [0.15, 0.2) is 18.2 Å². The number of aliphatic hydroxyl groups is 1. The van der Waals surface area contributed by atoms with E-state index in [9.17, 15) is 0 Å². The molecule has 0 bridgehead atoms. The van der Waals surface area contributed by atoms with E-state index in [0.717, 1.165) is 16.5 Å². The minimum atomic E-state index is 0.0834. The van der Waals surface area contributed by atoms with Crippen molar-refractivity contribution < 1.29 is 5.11 Å². The van der Waals surface area contributed by atoms with Crippen molar-refractivity contribution in [2.75, 3.05) is 6.61 Å². The molecule has 0 atom stereocenters. The molecular formula is C12H16ClO. The number of aliphatic hydroxyl groups excluding tert-OH is 1. The SMILES string of the molecule is C[C](CO)c1cc(Cl)ccc1C(C)C. The molecule has 2 heteroatoms. The molecule has 0 aliphatic heterocycles. The van der Waals surface area contributed by atoms with Crippen molar-refractivity contribution in [1.29, 1.82) is 0 Å². The number of halogens is 1. The third-order valence-corrected chi connectivity index (χ3v) is 2.57. The van der Waals surface area contributed by atoms with E-state index in [0.29, 0.717) is 5.92 Å². The Hall–Kier alpha value is -0.530. The molecule has 0 amide bonds. The van der Waals surface area contributed by atoms with Crippen molar-refractivity contribution >= 4 is 11.6 Å². The zero-order valence-electron chi connectivity index (χ0n) is 8.84. The molecular weight excluding hydrogens is 196 g/mol. The Morgan fingerprint density at radius 2 is 2.07 bits per heavy atom. The van der Waals surface area contributed by atoms with Crippen LogP contribution in [0.1, 0.15) is 37.8 Å². The third-order valence-electron chi connectivity index (χ3n) is 2.33. The Morgan fingerprint density at radius 3 is 2.57 bits per heavy atom. The smallest absolute Gasteiger partial charge is 0.0534 e. The summed E-state index contributed by atoms with van der Waals surface area (Å²) in [6.45, 7) is 6.28. The molecule has 0 saturated heterocycles. The van der Waals surface area contributed by atoms with Gasteiger partial charge in [0.15, 0.2) is 0 Å². The van der Waals surface area contributed by atoms with Gasteiger partial charge < -0.3 is 5.11 Å². The average molecular weight is 212 g/mol. The maximum atomic E-state index is 9.11. The van der Waals surface area contributed by atoms with Gasteiger partial charge >= 0.3 is 0 Å². The summed E-state index contributed by atoms with van der Waals surface area (Å²) in [6, 6.07) is 5.84. The van der Waals surface area contributed by atoms with E-state index in [1.807, 2.05) is 25.1 Å². The molecule has 1 aromatic carbocycles. The van der Waals surface area contributed by atoms with Crippen LogP contribution in [0.5, 0.6) is 0 Å². The summed E-state index contributed by atoms with van der Waals surface area (Å²) in [4.78, 5) is 0. The van der Waals surface area contributed by atoms with Crippen molar-refractivity contribution in [2.45, 2.75) is 26.7 Å². The zero-order chi connectivity index (χ0) is 10.7. The molecule has 77 valence electrons. The van der Waals surface area contributed by atoms with Crippen LogP contribution < -0.4 is 0 Å². The summed E-state index contributed by atoms with van der Waals surface area (Å²) in [5.74, 6) is 1.42. The number of benzene rings is 1. The Morgan fingerprint density at radius 1 is 1.43 bits per heavy atom. The van der Waals surface area contributed by atoms with Crippen LogP contribution in [0, 0.1) is 5.92 Å². The number of hydrogen-bond donors (Lipinski definition) is 1. The molecule has 1 radical (unpaired) electrons. The highest BCUT2D eigenvalue weighted by molar-refractivity contribution is 6.30. The van der Waals surface area contributed by atoms with Crippen molar-refractivity contribution in [2.24, 2.45) is 0 Å². The summed E-state index contributed by atoms with van der Waals surface area (Å²) in [5, 5.41) is 9.82. The first-order valence-corrected chi connectivity index (χ1v) is 5.17. The van der Waals surface area contributed by atoms with E-state index in [4.69, 9.17) is 16.7 Å². The van der Waals surface area contributed by atoms with Crippen molar-refractivity contribution in [3.8, 4) is 0 Å². The highest BCUT2D eigenvalue weighted by Gasteiger charge is 2.13. The van der Waals surface area contributed by atoms with Crippen LogP contribution in [0.4, 0.5) is 0 Å². The second-order valence-electron chi connectivity index (χ2n) is 3.82. The molecule has 0 fully saturated rings. The van der Waals surface area contributed by atoms with Crippen LogP contribution >= 0.6 is 11.6 Å². The van der Waals surface area contributed by atoms with E-state index in [2.05, 4.69) is 13.8 Å². The highest BCUT2D eigenvalue weighted by atomic mass is 35.5. The van der Waals surface area contributed by atoms with E-state index in [1.54, 1.807) is 0 Å². The summed E-state index contributed by atoms with van der Waals surface area (Å²) in [7, 11) is 0. The van der Waals surface area contributed by atoms with Crippen LogP contribution in [0.25, 0.3) is 0 Å². The van der Waals surface area contributed by atoms with Gasteiger partial charge in [-0.1, -0.05) is 38.4 Å². The minimum Gasteiger partial charge on any atom is -0.395 e. The van der Waals surface area contributed by atoms with Crippen LogP contribution in [0.2, 0.25) is 5.02 Å². The molecule has 0 saturated carbocycles. The molecule has 0 aromatic heterocycles. The van der Waals surface area contributed by atoms with Gasteiger partial charge in [0.25, 0.3) is 0 Å². The number of rotatable bonds is 3. The van der Waals surface area contributed by atoms with E-state index >= 15 is 0 Å². The lowest BCUT2D eigenvalue weighted by Crippen LogP contribution is -2.05. The van der Waals surface area contributed by atoms with Gasteiger partial charge in [0.2, 0.25) is 0 Å². The van der Waals surface area contributed by atoms with Crippen molar-refractivity contribution in [3.05, 3.63) is 40.3 Å². The van der Waals surface area contributed by atoms with Crippen LogP contribution in [-0.2, 0) is 0 Å². The monoisotopic (exact) mass is 211 g/mol. The van der Waals surface area contributed by atoms with E-state index < -0.39 is 0 Å². The lowest BCUT2D eigenvalue weighted by Gasteiger charge is -2.16. The van der Waals surface area contributed by atoms with Gasteiger partial charge in [-0.05, 0) is 29.2 Å². The normalized spacial score (nSPS) is 11.4. The van der Waals surface area contributed by atoms with Crippen molar-refractivity contribution in [1.82, 2.24) is 0 Å². The molecule has 1 rings (SSSR count). The molecule has 0 spiro atoms. The maximum absolute atomic E-state index is 9.11. The lowest BCUT2D eigenvalue weighted by atomic mass is 9.90. The molecule has 0 heterocycles. The molecule has 0 aliphatic carbocycles. The van der Waals surface area contributed by atoms with Gasteiger partial charge in [-0.25, -0.2) is 0 Å². The van der Waals surface area contributed by atoms with Crippen LogP contribution in [0.3, 0.4) is 0 Å². The summed E-state index contributed by atoms with van der Waals surface area (Å²) in [5.41, 5.74) is 2.32. The predicted octanol–water partition coefficient (Wildman–Crippen LogP) is 3.40. The molecule has 1 N–H and O–H groups in total. The van der Waals surface area contributed by atoms with Gasteiger partial charge in [0.1, 0.15) is 0 Å². The highest BCUT2D eigenvalue weighted by Crippen LogP contribution is 2.28. The zero-order valence-corrected chi connectivity index (χ0v) is 9.60. The van der Waals surface area contributed by atoms with Gasteiger partial charge in [0, 0.05) is 10.9 Å². The summed E-state index contributed by atoms with van der Waals surface area (Å²) >= 11 is 5.93. The van der Waals surface area contributed by atoms with E-state index in [1.165, 1.54) is 5.56 Å². The largest absolute Gasteiger partial charge is 0.395 e. The molecule has 1 nitrogen and oxygen atoms in total. The summed E-state index contributed by atoms with van der Waals surface area (Å²) < 4.78 is 0. The fourth-order valence-corrected chi connectivity index (χ4v) is 1.66. The predicted molar refractivity (Wildman–Crippen MR) is 60.6 cm³/mol. The van der Waals surface area contributed by atoms with Gasteiger partial charge in [0.05, 0.1) is 6.61 Å². The average Bonchev–Trinajstić information content (AvgIpc) is 2.16. The minimum absolute atomic E-state index is 0.0834.